The third kappa shape index (κ3) is 5.67. The number of rotatable bonds is 6. The molecule has 2 saturated heterocycles. The van der Waals surface area contributed by atoms with Crippen LogP contribution in [-0.4, -0.2) is 68.5 Å². The number of carbonyl (C=O) groups is 2. The summed E-state index contributed by atoms with van der Waals surface area (Å²) in [7, 11) is 3.98. The van der Waals surface area contributed by atoms with Crippen molar-refractivity contribution in [2.75, 3.05) is 51.8 Å². The number of ether oxygens (including phenoxy) is 1. The van der Waals surface area contributed by atoms with E-state index in [-0.39, 0.29) is 17.7 Å². The molecule has 2 amide bonds. The minimum atomic E-state index is 0.0620. The minimum absolute atomic E-state index is 0.0620. The highest BCUT2D eigenvalue weighted by molar-refractivity contribution is 5.97. The Morgan fingerprint density at radius 2 is 1.58 bits per heavy atom. The Labute approximate surface area is 197 Å². The molecule has 6 heteroatoms. The number of nitrogens with zero attached hydrogens (tertiary/aromatic N) is 3. The molecule has 0 bridgehead atoms. The average Bonchev–Trinajstić information content (AvgIpc) is 2.87. The fraction of sp³-hybridized carbons (Fsp3) is 0.481. The number of hydrogen-bond acceptors (Lipinski definition) is 4. The molecule has 0 N–H and O–H groups in total. The number of benzene rings is 2. The van der Waals surface area contributed by atoms with Gasteiger partial charge >= 0.3 is 0 Å². The van der Waals surface area contributed by atoms with Gasteiger partial charge in [-0.2, -0.15) is 0 Å². The summed E-state index contributed by atoms with van der Waals surface area (Å²) in [6.07, 6.45) is 5.31. The zero-order chi connectivity index (χ0) is 23.2. The van der Waals surface area contributed by atoms with Gasteiger partial charge in [0.2, 0.25) is 0 Å². The predicted octanol–water partition coefficient (Wildman–Crippen LogP) is 4.31. The topological polar surface area (TPSA) is 53.1 Å². The lowest BCUT2D eigenvalue weighted by molar-refractivity contribution is 0.0631. The van der Waals surface area contributed by atoms with Gasteiger partial charge < -0.3 is 19.4 Å². The minimum Gasteiger partial charge on any atom is -0.492 e. The summed E-state index contributed by atoms with van der Waals surface area (Å²) in [5.74, 6) is 1.04. The highest BCUT2D eigenvalue weighted by atomic mass is 16.5. The van der Waals surface area contributed by atoms with Crippen molar-refractivity contribution in [1.82, 2.24) is 9.80 Å². The predicted molar refractivity (Wildman–Crippen MR) is 131 cm³/mol. The Balaban J connectivity index is 1.36. The van der Waals surface area contributed by atoms with Gasteiger partial charge in [0.1, 0.15) is 5.75 Å². The molecule has 176 valence electrons. The third-order valence-corrected chi connectivity index (χ3v) is 6.67. The number of piperidine rings is 2. The van der Waals surface area contributed by atoms with Crippen LogP contribution in [0.3, 0.4) is 0 Å². The third-order valence-electron chi connectivity index (χ3n) is 6.67. The maximum absolute atomic E-state index is 13.0. The van der Waals surface area contributed by atoms with Gasteiger partial charge in [-0.15, -0.1) is 0 Å². The molecule has 4 rings (SSSR count). The van der Waals surface area contributed by atoms with Crippen LogP contribution in [0.4, 0.5) is 5.69 Å². The molecular formula is C27H35N3O3. The first-order chi connectivity index (χ1) is 16.0. The van der Waals surface area contributed by atoms with Crippen LogP contribution in [0.5, 0.6) is 5.75 Å². The maximum atomic E-state index is 13.0. The Hall–Kier alpha value is -3.02. The summed E-state index contributed by atoms with van der Waals surface area (Å²) < 4.78 is 6.17. The van der Waals surface area contributed by atoms with Crippen molar-refractivity contribution in [2.45, 2.75) is 32.1 Å². The van der Waals surface area contributed by atoms with Crippen LogP contribution in [0.15, 0.2) is 48.5 Å². The fourth-order valence-electron chi connectivity index (χ4n) is 4.71. The fourth-order valence-corrected chi connectivity index (χ4v) is 4.71. The molecule has 2 aliphatic rings. The van der Waals surface area contributed by atoms with E-state index in [1.807, 2.05) is 77.3 Å². The molecule has 0 aromatic heterocycles. The van der Waals surface area contributed by atoms with Gasteiger partial charge in [0.05, 0.1) is 12.2 Å². The molecule has 2 aromatic carbocycles. The van der Waals surface area contributed by atoms with E-state index in [4.69, 9.17) is 4.74 Å². The monoisotopic (exact) mass is 449 g/mol. The number of hydrogen-bond donors (Lipinski definition) is 0. The Bertz CT molecular complexity index is 951. The molecule has 2 aromatic rings. The molecular weight excluding hydrogens is 414 g/mol. The van der Waals surface area contributed by atoms with Crippen LogP contribution in [0.25, 0.3) is 0 Å². The average molecular weight is 450 g/mol. The van der Waals surface area contributed by atoms with Crippen molar-refractivity contribution >= 4 is 17.5 Å². The molecule has 0 spiro atoms. The van der Waals surface area contributed by atoms with E-state index in [0.717, 1.165) is 56.6 Å². The summed E-state index contributed by atoms with van der Waals surface area (Å²) in [6, 6.07) is 15.3. The number of amides is 2. The van der Waals surface area contributed by atoms with Gasteiger partial charge in [-0.3, -0.25) is 9.59 Å². The standard InChI is InChI=1S/C27H35N3O3/c1-28(2)23-14-12-22(13-15-23)26(31)30-18-8-9-21(19-30)20-33-25-11-5-4-10-24(25)27(32)29-16-6-3-7-17-29/h4-5,10-15,21H,3,6-9,16-20H2,1-2H3. The molecule has 33 heavy (non-hydrogen) atoms. The smallest absolute Gasteiger partial charge is 0.257 e. The van der Waals surface area contributed by atoms with Crippen molar-refractivity contribution in [3.05, 3.63) is 59.7 Å². The summed E-state index contributed by atoms with van der Waals surface area (Å²) in [5.41, 5.74) is 2.44. The Kier molecular flexibility index (Phi) is 7.53. The first kappa shape index (κ1) is 23.1. The first-order valence-electron chi connectivity index (χ1n) is 12.1. The van der Waals surface area contributed by atoms with E-state index in [1.54, 1.807) is 0 Å². The van der Waals surface area contributed by atoms with Crippen molar-refractivity contribution in [1.29, 1.82) is 0 Å². The Morgan fingerprint density at radius 3 is 2.30 bits per heavy atom. The van der Waals surface area contributed by atoms with Crippen LogP contribution >= 0.6 is 0 Å². The lowest BCUT2D eigenvalue weighted by Gasteiger charge is -2.33. The molecule has 0 radical (unpaired) electrons. The van der Waals surface area contributed by atoms with Crippen LogP contribution in [-0.2, 0) is 0 Å². The van der Waals surface area contributed by atoms with Gasteiger partial charge in [0.25, 0.3) is 11.8 Å². The van der Waals surface area contributed by atoms with Gasteiger partial charge in [0, 0.05) is 57.4 Å². The quantitative estimate of drug-likeness (QED) is 0.660. The number of carbonyl (C=O) groups excluding carboxylic acids is 2. The van der Waals surface area contributed by atoms with Crippen LogP contribution in [0, 0.1) is 5.92 Å². The molecule has 2 fully saturated rings. The van der Waals surface area contributed by atoms with Gasteiger partial charge in [-0.1, -0.05) is 12.1 Å². The second-order valence-electron chi connectivity index (χ2n) is 9.36. The van der Waals surface area contributed by atoms with Crippen LogP contribution in [0.1, 0.15) is 52.8 Å². The van der Waals surface area contributed by atoms with Crippen molar-refractivity contribution in [2.24, 2.45) is 5.92 Å². The highest BCUT2D eigenvalue weighted by Crippen LogP contribution is 2.25. The first-order valence-corrected chi connectivity index (χ1v) is 12.1. The lowest BCUT2D eigenvalue weighted by atomic mass is 9.98. The maximum Gasteiger partial charge on any atom is 0.257 e. The molecule has 0 aliphatic carbocycles. The number of para-hydroxylation sites is 1. The summed E-state index contributed by atoms with van der Waals surface area (Å²) >= 11 is 0. The summed E-state index contributed by atoms with van der Waals surface area (Å²) in [4.78, 5) is 32.0. The van der Waals surface area contributed by atoms with E-state index in [1.165, 1.54) is 6.42 Å². The molecule has 1 atom stereocenters. The zero-order valence-electron chi connectivity index (χ0n) is 19.8. The van der Waals surface area contributed by atoms with E-state index in [2.05, 4.69) is 0 Å². The van der Waals surface area contributed by atoms with Crippen LogP contribution in [0.2, 0.25) is 0 Å². The van der Waals surface area contributed by atoms with E-state index in [9.17, 15) is 9.59 Å². The van der Waals surface area contributed by atoms with E-state index < -0.39 is 0 Å². The second kappa shape index (κ2) is 10.7. The normalized spacial score (nSPS) is 18.7. The van der Waals surface area contributed by atoms with E-state index in [0.29, 0.717) is 24.5 Å². The lowest BCUT2D eigenvalue weighted by Crippen LogP contribution is -2.41. The number of likely N-dealkylation sites (tertiary alicyclic amines) is 2. The molecule has 1 unspecified atom stereocenters. The van der Waals surface area contributed by atoms with Crippen molar-refractivity contribution < 1.29 is 14.3 Å². The van der Waals surface area contributed by atoms with E-state index >= 15 is 0 Å². The second-order valence-corrected chi connectivity index (χ2v) is 9.36. The molecule has 2 aliphatic heterocycles. The van der Waals surface area contributed by atoms with Gasteiger partial charge in [-0.25, -0.2) is 0 Å². The Morgan fingerprint density at radius 1 is 0.879 bits per heavy atom. The number of anilines is 1. The molecule has 2 heterocycles. The van der Waals surface area contributed by atoms with Crippen molar-refractivity contribution in [3.8, 4) is 5.75 Å². The zero-order valence-corrected chi connectivity index (χ0v) is 19.8. The summed E-state index contributed by atoms with van der Waals surface area (Å²) in [6.45, 7) is 3.60. The highest BCUT2D eigenvalue weighted by Gasteiger charge is 2.26. The molecule has 6 nitrogen and oxygen atoms in total. The summed E-state index contributed by atoms with van der Waals surface area (Å²) in [5, 5.41) is 0. The van der Waals surface area contributed by atoms with Gasteiger partial charge in [0.15, 0.2) is 0 Å². The van der Waals surface area contributed by atoms with Crippen LogP contribution < -0.4 is 9.64 Å². The SMILES string of the molecule is CN(C)c1ccc(C(=O)N2CCCC(COc3ccccc3C(=O)N3CCCCC3)C2)cc1. The largest absolute Gasteiger partial charge is 0.492 e. The van der Waals surface area contributed by atoms with Gasteiger partial charge in [-0.05, 0) is 68.5 Å². The van der Waals surface area contributed by atoms with Crippen molar-refractivity contribution in [3.63, 3.8) is 0 Å². The molecule has 0 saturated carbocycles.